The van der Waals surface area contributed by atoms with Crippen LogP contribution < -0.4 is 4.74 Å². The third kappa shape index (κ3) is 4.38. The zero-order valence-electron chi connectivity index (χ0n) is 19.7. The van der Waals surface area contributed by atoms with E-state index in [0.29, 0.717) is 18.5 Å². The zero-order chi connectivity index (χ0) is 25.1. The summed E-state index contributed by atoms with van der Waals surface area (Å²) in [5, 5.41) is 11.8. The summed E-state index contributed by atoms with van der Waals surface area (Å²) in [6.07, 6.45) is 8.75. The SMILES string of the molecule is COc1ccc2[nH]cc(CCN3C(=O)C(O)=C(C(=O)/C=C/c4ccccc4)[C@@H]3c3cccnc3)c2c1. The van der Waals surface area contributed by atoms with Gasteiger partial charge in [-0.15, -0.1) is 0 Å². The van der Waals surface area contributed by atoms with Gasteiger partial charge in [-0.3, -0.25) is 14.6 Å². The second-order valence-electron chi connectivity index (χ2n) is 8.53. The summed E-state index contributed by atoms with van der Waals surface area (Å²) in [5.41, 5.74) is 3.53. The lowest BCUT2D eigenvalue weighted by atomic mass is 9.96. The minimum absolute atomic E-state index is 0.0563. The van der Waals surface area contributed by atoms with Crippen molar-refractivity contribution in [1.82, 2.24) is 14.9 Å². The molecule has 0 spiro atoms. The Balaban J connectivity index is 1.45. The van der Waals surface area contributed by atoms with Crippen LogP contribution in [0.15, 0.2) is 96.7 Å². The Bertz CT molecular complexity index is 1470. The van der Waals surface area contributed by atoms with Gasteiger partial charge in [-0.25, -0.2) is 0 Å². The van der Waals surface area contributed by atoms with Gasteiger partial charge in [0, 0.05) is 36.0 Å². The number of H-pyrrole nitrogens is 1. The van der Waals surface area contributed by atoms with Crippen LogP contribution in [0.5, 0.6) is 5.75 Å². The van der Waals surface area contributed by atoms with E-state index in [1.165, 1.54) is 11.0 Å². The van der Waals surface area contributed by atoms with Gasteiger partial charge in [0.05, 0.1) is 18.7 Å². The van der Waals surface area contributed by atoms with Gasteiger partial charge in [0.2, 0.25) is 0 Å². The first-order chi connectivity index (χ1) is 17.6. The van der Waals surface area contributed by atoms with Crippen LogP contribution in [0.3, 0.4) is 0 Å². The molecule has 1 aliphatic heterocycles. The first kappa shape index (κ1) is 23.1. The number of aliphatic hydroxyl groups is 1. The normalized spacial score (nSPS) is 15.9. The van der Waals surface area contributed by atoms with E-state index in [2.05, 4.69) is 9.97 Å². The van der Waals surface area contributed by atoms with Crippen molar-refractivity contribution in [3.05, 3.63) is 113 Å². The Morgan fingerprint density at radius 1 is 1.17 bits per heavy atom. The standard InChI is InChI=1S/C29H25N3O4/c1-36-22-10-11-24-23(16-22)20(18-31-24)13-15-32-27(21-8-5-14-30-17-21)26(28(34)29(32)35)25(33)12-9-19-6-3-2-4-7-19/h2-12,14,16-18,27,31,34H,13,15H2,1H3/b12-9+/t27-/m0/s1. The summed E-state index contributed by atoms with van der Waals surface area (Å²) in [6.45, 7) is 0.297. The molecule has 0 aliphatic carbocycles. The third-order valence-electron chi connectivity index (χ3n) is 6.39. The molecule has 0 fully saturated rings. The summed E-state index contributed by atoms with van der Waals surface area (Å²) in [6, 6.07) is 18.0. The minimum atomic E-state index is -0.737. The maximum absolute atomic E-state index is 13.3. The van der Waals surface area contributed by atoms with Gasteiger partial charge >= 0.3 is 0 Å². The highest BCUT2D eigenvalue weighted by molar-refractivity contribution is 6.14. The number of methoxy groups -OCH3 is 1. The Hall–Kier alpha value is -4.65. The van der Waals surface area contributed by atoms with Gasteiger partial charge in [0.1, 0.15) is 5.75 Å². The lowest BCUT2D eigenvalue weighted by Gasteiger charge is -2.26. The van der Waals surface area contributed by atoms with Crippen LogP contribution in [0.1, 0.15) is 22.7 Å². The van der Waals surface area contributed by atoms with E-state index in [1.807, 2.05) is 54.7 Å². The number of nitrogens with one attached hydrogen (secondary N) is 1. The number of fused-ring (bicyclic) bond motifs is 1. The molecule has 2 aromatic heterocycles. The largest absolute Gasteiger partial charge is 0.503 e. The quantitative estimate of drug-likeness (QED) is 0.354. The van der Waals surface area contributed by atoms with Crippen LogP contribution in [0.2, 0.25) is 0 Å². The number of hydrogen-bond donors (Lipinski definition) is 2. The molecule has 0 bridgehead atoms. The molecule has 0 radical (unpaired) electrons. The fourth-order valence-electron chi connectivity index (χ4n) is 4.58. The predicted molar refractivity (Wildman–Crippen MR) is 137 cm³/mol. The van der Waals surface area contributed by atoms with Crippen LogP contribution in [0, 0.1) is 0 Å². The molecule has 0 unspecified atom stereocenters. The monoisotopic (exact) mass is 479 g/mol. The Morgan fingerprint density at radius 2 is 2.00 bits per heavy atom. The van der Waals surface area contributed by atoms with Gasteiger partial charge in [0.15, 0.2) is 11.5 Å². The highest BCUT2D eigenvalue weighted by atomic mass is 16.5. The number of aromatic amines is 1. The van der Waals surface area contributed by atoms with Crippen molar-refractivity contribution in [3.8, 4) is 5.75 Å². The van der Waals surface area contributed by atoms with Crippen LogP contribution in [0.4, 0.5) is 0 Å². The molecule has 7 nitrogen and oxygen atoms in total. The summed E-state index contributed by atoms with van der Waals surface area (Å²) >= 11 is 0. The number of ether oxygens (including phenoxy) is 1. The predicted octanol–water partition coefficient (Wildman–Crippen LogP) is 4.79. The summed E-state index contributed by atoms with van der Waals surface area (Å²) in [7, 11) is 1.62. The molecule has 3 heterocycles. The third-order valence-corrected chi connectivity index (χ3v) is 6.39. The molecule has 36 heavy (non-hydrogen) atoms. The number of benzene rings is 2. The molecule has 2 N–H and O–H groups in total. The highest BCUT2D eigenvalue weighted by Crippen LogP contribution is 2.38. The van der Waals surface area contributed by atoms with E-state index in [1.54, 1.807) is 37.7 Å². The molecule has 0 saturated heterocycles. The molecule has 2 aromatic carbocycles. The van der Waals surface area contributed by atoms with Gasteiger partial charge < -0.3 is 19.7 Å². The van der Waals surface area contributed by atoms with Crippen molar-refractivity contribution in [2.24, 2.45) is 0 Å². The van der Waals surface area contributed by atoms with Gasteiger partial charge in [-0.1, -0.05) is 42.5 Å². The Kier molecular flexibility index (Phi) is 6.36. The average molecular weight is 480 g/mol. The molecular weight excluding hydrogens is 454 g/mol. The number of pyridine rings is 1. The van der Waals surface area contributed by atoms with Crippen LogP contribution in [-0.2, 0) is 16.0 Å². The fourth-order valence-corrected chi connectivity index (χ4v) is 4.58. The molecular formula is C29H25N3O4. The molecule has 180 valence electrons. The van der Waals surface area contributed by atoms with E-state index < -0.39 is 23.5 Å². The van der Waals surface area contributed by atoms with Crippen LogP contribution in [-0.4, -0.2) is 45.3 Å². The number of rotatable bonds is 8. The molecule has 1 amide bonds. The Labute approximate surface area is 208 Å². The number of aliphatic hydroxyl groups excluding tert-OH is 1. The Morgan fingerprint density at radius 3 is 2.75 bits per heavy atom. The van der Waals surface area contributed by atoms with Crippen molar-refractivity contribution >= 4 is 28.7 Å². The number of carbonyl (C=O) groups is 2. The van der Waals surface area contributed by atoms with E-state index in [-0.39, 0.29) is 5.57 Å². The minimum Gasteiger partial charge on any atom is -0.503 e. The molecule has 1 atom stereocenters. The van der Waals surface area contributed by atoms with Crippen molar-refractivity contribution in [2.45, 2.75) is 12.5 Å². The molecule has 1 aliphatic rings. The number of nitrogens with zero attached hydrogens (tertiary/aromatic N) is 2. The second kappa shape index (κ2) is 9.92. The fraction of sp³-hybridized carbons (Fsp3) is 0.138. The zero-order valence-corrected chi connectivity index (χ0v) is 19.7. The van der Waals surface area contributed by atoms with E-state index in [0.717, 1.165) is 27.8 Å². The summed E-state index contributed by atoms with van der Waals surface area (Å²) in [4.78, 5) is 35.4. The van der Waals surface area contributed by atoms with Gasteiger partial charge in [-0.05, 0) is 53.5 Å². The first-order valence-electron chi connectivity index (χ1n) is 11.6. The maximum Gasteiger partial charge on any atom is 0.290 e. The first-order valence-corrected chi connectivity index (χ1v) is 11.6. The van der Waals surface area contributed by atoms with Crippen molar-refractivity contribution < 1.29 is 19.4 Å². The van der Waals surface area contributed by atoms with Gasteiger partial charge in [-0.2, -0.15) is 0 Å². The van der Waals surface area contributed by atoms with Crippen LogP contribution in [0.25, 0.3) is 17.0 Å². The van der Waals surface area contributed by atoms with E-state index >= 15 is 0 Å². The molecule has 5 rings (SSSR count). The lowest BCUT2D eigenvalue weighted by Crippen LogP contribution is -2.33. The molecule has 7 heteroatoms. The summed E-state index contributed by atoms with van der Waals surface area (Å²) < 4.78 is 5.36. The van der Waals surface area contributed by atoms with E-state index in [9.17, 15) is 14.7 Å². The highest BCUT2D eigenvalue weighted by Gasteiger charge is 2.42. The van der Waals surface area contributed by atoms with Crippen molar-refractivity contribution in [3.63, 3.8) is 0 Å². The lowest BCUT2D eigenvalue weighted by molar-refractivity contribution is -0.129. The van der Waals surface area contributed by atoms with E-state index in [4.69, 9.17) is 4.74 Å². The number of carbonyl (C=O) groups excluding carboxylic acids is 2. The number of allylic oxidation sites excluding steroid dienone is 1. The van der Waals surface area contributed by atoms with Crippen LogP contribution >= 0.6 is 0 Å². The number of aromatic nitrogens is 2. The average Bonchev–Trinajstić information content (AvgIpc) is 3.44. The molecule has 4 aromatic rings. The van der Waals surface area contributed by atoms with Gasteiger partial charge in [0.25, 0.3) is 5.91 Å². The maximum atomic E-state index is 13.3. The second-order valence-corrected chi connectivity index (χ2v) is 8.53. The number of amides is 1. The number of hydrogen-bond acceptors (Lipinski definition) is 5. The number of ketones is 1. The smallest absolute Gasteiger partial charge is 0.290 e. The summed E-state index contributed by atoms with van der Waals surface area (Å²) in [5.74, 6) is -0.769. The van der Waals surface area contributed by atoms with Crippen molar-refractivity contribution in [1.29, 1.82) is 0 Å². The molecule has 0 saturated carbocycles. The van der Waals surface area contributed by atoms with Crippen molar-refractivity contribution in [2.75, 3.05) is 13.7 Å². The topological polar surface area (TPSA) is 95.5 Å².